The van der Waals surface area contributed by atoms with Crippen LogP contribution in [0.3, 0.4) is 0 Å². The lowest BCUT2D eigenvalue weighted by atomic mass is 9.96. The fourth-order valence-corrected chi connectivity index (χ4v) is 2.82. The molecule has 0 radical (unpaired) electrons. The van der Waals surface area contributed by atoms with Gasteiger partial charge < -0.3 is 10.2 Å². The summed E-state index contributed by atoms with van der Waals surface area (Å²) < 4.78 is 0. The SMILES string of the molecule is CNC1CCC2CC2N(C(C)(C)C(C)=O)C1=O. The molecule has 1 aliphatic heterocycles. The lowest BCUT2D eigenvalue weighted by Crippen LogP contribution is -2.57. The lowest BCUT2D eigenvalue weighted by Gasteiger charge is -2.38. The second-order valence-electron chi connectivity index (χ2n) is 5.81. The van der Waals surface area contributed by atoms with Crippen LogP contribution in [0.4, 0.5) is 0 Å². The van der Waals surface area contributed by atoms with Crippen molar-refractivity contribution in [1.82, 2.24) is 10.2 Å². The fourth-order valence-electron chi connectivity index (χ4n) is 2.82. The lowest BCUT2D eigenvalue weighted by molar-refractivity contribution is -0.146. The van der Waals surface area contributed by atoms with E-state index in [1.165, 1.54) is 0 Å². The summed E-state index contributed by atoms with van der Waals surface area (Å²) in [6, 6.07) is 0.168. The number of nitrogens with one attached hydrogen (secondary N) is 1. The minimum atomic E-state index is -0.671. The Morgan fingerprint density at radius 3 is 2.59 bits per heavy atom. The molecule has 0 aromatic carbocycles. The van der Waals surface area contributed by atoms with Crippen LogP contribution in [0.1, 0.15) is 40.0 Å². The predicted molar refractivity (Wildman–Crippen MR) is 65.6 cm³/mol. The molecule has 1 N–H and O–H groups in total. The first kappa shape index (κ1) is 12.6. The molecule has 3 atom stereocenters. The van der Waals surface area contributed by atoms with E-state index in [2.05, 4.69) is 5.32 Å². The summed E-state index contributed by atoms with van der Waals surface area (Å²) in [7, 11) is 1.82. The van der Waals surface area contributed by atoms with Gasteiger partial charge in [-0.1, -0.05) is 0 Å². The van der Waals surface area contributed by atoms with E-state index in [1.807, 2.05) is 25.8 Å². The van der Waals surface area contributed by atoms with E-state index in [0.29, 0.717) is 12.0 Å². The van der Waals surface area contributed by atoms with Crippen LogP contribution >= 0.6 is 0 Å². The van der Waals surface area contributed by atoms with Crippen molar-refractivity contribution in [3.8, 4) is 0 Å². The molecule has 0 bridgehead atoms. The first-order chi connectivity index (χ1) is 7.89. The number of carbonyl (C=O) groups is 2. The van der Waals surface area contributed by atoms with Crippen molar-refractivity contribution in [2.24, 2.45) is 5.92 Å². The Labute approximate surface area is 103 Å². The van der Waals surface area contributed by atoms with Gasteiger partial charge in [0.1, 0.15) is 0 Å². The van der Waals surface area contributed by atoms with Crippen LogP contribution in [0.25, 0.3) is 0 Å². The van der Waals surface area contributed by atoms with E-state index in [1.54, 1.807) is 6.92 Å². The topological polar surface area (TPSA) is 49.4 Å². The third-order valence-electron chi connectivity index (χ3n) is 4.39. The van der Waals surface area contributed by atoms with Crippen molar-refractivity contribution in [2.45, 2.75) is 57.7 Å². The number of Topliss-reactive ketones (excluding diaryl/α,β-unsaturated/α-hetero) is 1. The maximum Gasteiger partial charge on any atom is 0.240 e. The Balaban J connectivity index is 2.29. The quantitative estimate of drug-likeness (QED) is 0.796. The van der Waals surface area contributed by atoms with Crippen molar-refractivity contribution in [2.75, 3.05) is 7.05 Å². The summed E-state index contributed by atoms with van der Waals surface area (Å²) in [5.41, 5.74) is -0.671. The van der Waals surface area contributed by atoms with Crippen LogP contribution in [-0.2, 0) is 9.59 Å². The second kappa shape index (κ2) is 4.09. The number of nitrogens with zero attached hydrogens (tertiary/aromatic N) is 1. The molecule has 1 heterocycles. The number of amides is 1. The Bertz CT molecular complexity index is 351. The van der Waals surface area contributed by atoms with Crippen molar-refractivity contribution >= 4 is 11.7 Å². The highest BCUT2D eigenvalue weighted by Gasteiger charge is 2.53. The van der Waals surface area contributed by atoms with Gasteiger partial charge in [-0.15, -0.1) is 0 Å². The van der Waals surface area contributed by atoms with Gasteiger partial charge >= 0.3 is 0 Å². The summed E-state index contributed by atoms with van der Waals surface area (Å²) >= 11 is 0. The summed E-state index contributed by atoms with van der Waals surface area (Å²) in [6.45, 7) is 5.30. The molecule has 3 unspecified atom stereocenters. The number of hydrogen-bond acceptors (Lipinski definition) is 3. The zero-order valence-electron chi connectivity index (χ0n) is 11.1. The number of likely N-dealkylation sites (tertiary alicyclic amines) is 1. The van der Waals surface area contributed by atoms with Crippen LogP contribution in [0, 0.1) is 5.92 Å². The normalized spacial score (nSPS) is 33.1. The number of hydrogen-bond donors (Lipinski definition) is 1. The predicted octanol–water partition coefficient (Wildman–Crippen LogP) is 0.953. The van der Waals surface area contributed by atoms with E-state index in [9.17, 15) is 9.59 Å². The van der Waals surface area contributed by atoms with E-state index < -0.39 is 5.54 Å². The van der Waals surface area contributed by atoms with Gasteiger partial charge in [-0.25, -0.2) is 0 Å². The molecule has 2 aliphatic rings. The molecule has 0 spiro atoms. The molecule has 1 aliphatic carbocycles. The van der Waals surface area contributed by atoms with Crippen LogP contribution in [0.2, 0.25) is 0 Å². The smallest absolute Gasteiger partial charge is 0.240 e. The summed E-state index contributed by atoms with van der Waals surface area (Å²) in [5, 5.41) is 3.07. The van der Waals surface area contributed by atoms with Crippen molar-refractivity contribution in [3.05, 3.63) is 0 Å². The van der Waals surface area contributed by atoms with Crippen LogP contribution in [0.15, 0.2) is 0 Å². The first-order valence-corrected chi connectivity index (χ1v) is 6.41. The average molecular weight is 238 g/mol. The number of fused-ring (bicyclic) bond motifs is 1. The molecule has 2 fully saturated rings. The Hall–Kier alpha value is -0.900. The molecule has 0 aromatic rings. The fraction of sp³-hybridized carbons (Fsp3) is 0.846. The highest BCUT2D eigenvalue weighted by Crippen LogP contribution is 2.45. The van der Waals surface area contributed by atoms with Gasteiger partial charge in [0.25, 0.3) is 0 Å². The van der Waals surface area contributed by atoms with Crippen LogP contribution in [-0.4, -0.2) is 41.3 Å². The molecule has 2 rings (SSSR count). The Morgan fingerprint density at radius 1 is 1.41 bits per heavy atom. The standard InChI is InChI=1S/C13H22N2O2/c1-8(16)13(2,3)15-11-7-9(11)5-6-10(14-4)12(15)17/h9-11,14H,5-7H2,1-4H3. The zero-order valence-corrected chi connectivity index (χ0v) is 11.1. The van der Waals surface area contributed by atoms with Crippen LogP contribution in [0.5, 0.6) is 0 Å². The summed E-state index contributed by atoms with van der Waals surface area (Å²) in [5.74, 6) is 0.766. The third-order valence-corrected chi connectivity index (χ3v) is 4.39. The second-order valence-corrected chi connectivity index (χ2v) is 5.81. The first-order valence-electron chi connectivity index (χ1n) is 6.41. The Morgan fingerprint density at radius 2 is 2.06 bits per heavy atom. The highest BCUT2D eigenvalue weighted by atomic mass is 16.2. The van der Waals surface area contributed by atoms with E-state index in [0.717, 1.165) is 19.3 Å². The van der Waals surface area contributed by atoms with E-state index in [4.69, 9.17) is 0 Å². The van der Waals surface area contributed by atoms with Gasteiger partial charge in [-0.3, -0.25) is 9.59 Å². The Kier molecular flexibility index (Phi) is 3.02. The molecule has 1 saturated carbocycles. The third kappa shape index (κ3) is 1.99. The summed E-state index contributed by atoms with van der Waals surface area (Å²) in [6.07, 6.45) is 3.05. The minimum Gasteiger partial charge on any atom is -0.326 e. The van der Waals surface area contributed by atoms with Gasteiger partial charge in [0, 0.05) is 6.04 Å². The van der Waals surface area contributed by atoms with Crippen molar-refractivity contribution in [3.63, 3.8) is 0 Å². The van der Waals surface area contributed by atoms with Gasteiger partial charge in [0.15, 0.2) is 5.78 Å². The zero-order chi connectivity index (χ0) is 12.8. The number of ketones is 1. The molecule has 4 nitrogen and oxygen atoms in total. The average Bonchev–Trinajstić information content (AvgIpc) is 2.97. The molecule has 17 heavy (non-hydrogen) atoms. The maximum atomic E-state index is 12.5. The minimum absolute atomic E-state index is 0.0632. The highest BCUT2D eigenvalue weighted by molar-refractivity contribution is 5.93. The van der Waals surface area contributed by atoms with Crippen molar-refractivity contribution < 1.29 is 9.59 Å². The monoisotopic (exact) mass is 238 g/mol. The van der Waals surface area contributed by atoms with Crippen LogP contribution < -0.4 is 5.32 Å². The van der Waals surface area contributed by atoms with Gasteiger partial charge in [-0.05, 0) is 53.0 Å². The molecule has 1 amide bonds. The molecule has 1 saturated heterocycles. The molecular formula is C13H22N2O2. The molecule has 4 heteroatoms. The number of rotatable bonds is 3. The largest absolute Gasteiger partial charge is 0.326 e. The van der Waals surface area contributed by atoms with Crippen molar-refractivity contribution in [1.29, 1.82) is 0 Å². The molecule has 96 valence electrons. The summed E-state index contributed by atoms with van der Waals surface area (Å²) in [4.78, 5) is 26.1. The maximum absolute atomic E-state index is 12.5. The number of carbonyl (C=O) groups excluding carboxylic acids is 2. The van der Waals surface area contributed by atoms with E-state index in [-0.39, 0.29) is 17.7 Å². The molecule has 0 aromatic heterocycles. The number of likely N-dealkylation sites (N-methyl/N-ethyl adjacent to an activating group) is 1. The van der Waals surface area contributed by atoms with Gasteiger partial charge in [-0.2, -0.15) is 0 Å². The van der Waals surface area contributed by atoms with Gasteiger partial charge in [0.2, 0.25) is 5.91 Å². The molecular weight excluding hydrogens is 216 g/mol. The van der Waals surface area contributed by atoms with E-state index >= 15 is 0 Å². The van der Waals surface area contributed by atoms with Gasteiger partial charge in [0.05, 0.1) is 11.6 Å².